The largest absolute Gasteiger partial charge is 0.508 e. The van der Waals surface area contributed by atoms with Gasteiger partial charge in [-0.2, -0.15) is 0 Å². The lowest BCUT2D eigenvalue weighted by Crippen LogP contribution is -2.41. The molecule has 1 fully saturated rings. The molecule has 0 aromatic heterocycles. The molecule has 0 amide bonds. The Kier molecular flexibility index (Phi) is 4.77. The molecule has 0 spiro atoms. The quantitative estimate of drug-likeness (QED) is 0.831. The highest BCUT2D eigenvalue weighted by atomic mass is 32.1. The van der Waals surface area contributed by atoms with Gasteiger partial charge >= 0.3 is 0 Å². The minimum atomic E-state index is -0.0924. The normalized spacial score (nSPS) is 18.4. The summed E-state index contributed by atoms with van der Waals surface area (Å²) in [5.41, 5.74) is 6.91. The first-order chi connectivity index (χ1) is 9.09. The van der Waals surface area contributed by atoms with E-state index in [2.05, 4.69) is 11.9 Å². The maximum Gasteiger partial charge on any atom is 0.115 e. The van der Waals surface area contributed by atoms with Crippen LogP contribution in [0.1, 0.15) is 43.7 Å². The highest BCUT2D eigenvalue weighted by Gasteiger charge is 2.27. The number of nitrogens with zero attached hydrogens (tertiary/aromatic N) is 1. The molecule has 0 bridgehead atoms. The summed E-state index contributed by atoms with van der Waals surface area (Å²) in [5.74, 6) is 0.260. The van der Waals surface area contributed by atoms with Gasteiger partial charge in [-0.3, -0.25) is 4.90 Å². The molecule has 1 aromatic rings. The zero-order valence-electron chi connectivity index (χ0n) is 11.4. The van der Waals surface area contributed by atoms with E-state index in [1.807, 2.05) is 12.1 Å². The van der Waals surface area contributed by atoms with Gasteiger partial charge in [-0.1, -0.05) is 43.6 Å². The van der Waals surface area contributed by atoms with Crippen molar-refractivity contribution in [2.24, 2.45) is 5.73 Å². The van der Waals surface area contributed by atoms with Crippen molar-refractivity contribution in [3.63, 3.8) is 0 Å². The molecule has 3 N–H and O–H groups in total. The van der Waals surface area contributed by atoms with Gasteiger partial charge in [-0.25, -0.2) is 0 Å². The molecule has 104 valence electrons. The van der Waals surface area contributed by atoms with E-state index >= 15 is 0 Å². The minimum Gasteiger partial charge on any atom is -0.508 e. The maximum atomic E-state index is 9.63. The number of rotatable bonds is 4. The van der Waals surface area contributed by atoms with Gasteiger partial charge < -0.3 is 10.8 Å². The molecule has 3 nitrogen and oxygen atoms in total. The number of thiocarbonyl (C=S) groups is 1. The summed E-state index contributed by atoms with van der Waals surface area (Å²) >= 11 is 5.24. The molecule has 1 aromatic carbocycles. The van der Waals surface area contributed by atoms with Crippen LogP contribution in [0.25, 0.3) is 0 Å². The maximum absolute atomic E-state index is 9.63. The summed E-state index contributed by atoms with van der Waals surface area (Å²) in [6.07, 6.45) is 6.29. The number of hydrogen-bond donors (Lipinski definition) is 2. The summed E-state index contributed by atoms with van der Waals surface area (Å²) < 4.78 is 0. The first kappa shape index (κ1) is 14.3. The average molecular weight is 278 g/mol. The van der Waals surface area contributed by atoms with Crippen LogP contribution >= 0.6 is 12.2 Å². The van der Waals surface area contributed by atoms with Crippen LogP contribution < -0.4 is 5.73 Å². The van der Waals surface area contributed by atoms with Gasteiger partial charge in [0.25, 0.3) is 0 Å². The highest BCUT2D eigenvalue weighted by Crippen LogP contribution is 2.30. The Morgan fingerprint density at radius 3 is 2.63 bits per heavy atom. The van der Waals surface area contributed by atoms with Crippen molar-refractivity contribution in [2.45, 2.75) is 44.2 Å². The number of phenolic OH excluding ortho intramolecular Hbond substituents is 1. The highest BCUT2D eigenvalue weighted by molar-refractivity contribution is 7.80. The minimum absolute atomic E-state index is 0.0924. The Balaban J connectivity index is 2.21. The molecular weight excluding hydrogens is 256 g/mol. The van der Waals surface area contributed by atoms with E-state index in [0.717, 1.165) is 5.56 Å². The van der Waals surface area contributed by atoms with E-state index in [-0.39, 0.29) is 11.8 Å². The van der Waals surface area contributed by atoms with E-state index in [9.17, 15) is 5.11 Å². The Morgan fingerprint density at radius 2 is 2.05 bits per heavy atom. The van der Waals surface area contributed by atoms with Gasteiger partial charge in [0.1, 0.15) is 5.75 Å². The molecule has 0 aliphatic heterocycles. The summed E-state index contributed by atoms with van der Waals surface area (Å²) in [7, 11) is 2.09. The van der Waals surface area contributed by atoms with Crippen LogP contribution in [0.5, 0.6) is 5.75 Å². The fourth-order valence-electron chi connectivity index (χ4n) is 2.99. The van der Waals surface area contributed by atoms with Crippen molar-refractivity contribution in [1.29, 1.82) is 0 Å². The lowest BCUT2D eigenvalue weighted by atomic mass is 9.92. The molecular formula is C15H22N2OS. The average Bonchev–Trinajstić information content (AvgIpc) is 2.39. The Hall–Kier alpha value is -1.13. The molecule has 0 radical (unpaired) electrons. The summed E-state index contributed by atoms with van der Waals surface area (Å²) in [5, 5.41) is 9.63. The second-order valence-electron chi connectivity index (χ2n) is 5.36. The van der Waals surface area contributed by atoms with Gasteiger partial charge in [-0.05, 0) is 37.6 Å². The van der Waals surface area contributed by atoms with E-state index < -0.39 is 0 Å². The van der Waals surface area contributed by atoms with Gasteiger partial charge in [0.05, 0.1) is 11.0 Å². The number of aromatic hydroxyl groups is 1. The third kappa shape index (κ3) is 3.45. The van der Waals surface area contributed by atoms with Crippen molar-refractivity contribution in [1.82, 2.24) is 4.90 Å². The van der Waals surface area contributed by atoms with Gasteiger partial charge in [0, 0.05) is 6.04 Å². The Labute approximate surface area is 120 Å². The van der Waals surface area contributed by atoms with Crippen molar-refractivity contribution in [3.05, 3.63) is 29.8 Å². The van der Waals surface area contributed by atoms with Crippen molar-refractivity contribution in [3.8, 4) is 5.75 Å². The number of likely N-dealkylation sites (N-methyl/N-ethyl adjacent to an activating group) is 1. The van der Waals surface area contributed by atoms with Gasteiger partial charge in [0.2, 0.25) is 0 Å². The first-order valence-electron chi connectivity index (χ1n) is 6.90. The summed E-state index contributed by atoms with van der Waals surface area (Å²) in [4.78, 5) is 2.75. The molecule has 1 unspecified atom stereocenters. The molecule has 1 saturated carbocycles. The number of phenols is 1. The van der Waals surface area contributed by atoms with E-state index in [0.29, 0.717) is 11.0 Å². The lowest BCUT2D eigenvalue weighted by molar-refractivity contribution is 0.170. The summed E-state index contributed by atoms with van der Waals surface area (Å²) in [6, 6.07) is 7.67. The van der Waals surface area contributed by atoms with Crippen molar-refractivity contribution >= 4 is 17.2 Å². The fourth-order valence-corrected chi connectivity index (χ4v) is 3.30. The smallest absolute Gasteiger partial charge is 0.115 e. The summed E-state index contributed by atoms with van der Waals surface area (Å²) in [6.45, 7) is 0. The Morgan fingerprint density at radius 1 is 1.37 bits per heavy atom. The van der Waals surface area contributed by atoms with E-state index in [4.69, 9.17) is 18.0 Å². The zero-order valence-corrected chi connectivity index (χ0v) is 12.2. The van der Waals surface area contributed by atoms with Gasteiger partial charge in [-0.15, -0.1) is 0 Å². The molecule has 1 aliphatic carbocycles. The molecule has 0 saturated heterocycles. The first-order valence-corrected chi connectivity index (χ1v) is 7.30. The van der Waals surface area contributed by atoms with Crippen molar-refractivity contribution < 1.29 is 5.11 Å². The molecule has 1 atom stereocenters. The third-order valence-corrected chi connectivity index (χ3v) is 4.24. The second-order valence-corrected chi connectivity index (χ2v) is 5.83. The molecule has 0 heterocycles. The van der Waals surface area contributed by atoms with Crippen LogP contribution in [0.2, 0.25) is 0 Å². The van der Waals surface area contributed by atoms with Crippen LogP contribution in [-0.2, 0) is 0 Å². The monoisotopic (exact) mass is 278 g/mol. The lowest BCUT2D eigenvalue weighted by Gasteiger charge is -2.37. The molecule has 2 rings (SSSR count). The topological polar surface area (TPSA) is 49.5 Å². The predicted molar refractivity (Wildman–Crippen MR) is 82.3 cm³/mol. The number of hydrogen-bond acceptors (Lipinski definition) is 3. The fraction of sp³-hybridized carbons (Fsp3) is 0.533. The van der Waals surface area contributed by atoms with E-state index in [1.165, 1.54) is 32.1 Å². The van der Waals surface area contributed by atoms with Crippen molar-refractivity contribution in [2.75, 3.05) is 7.05 Å². The van der Waals surface area contributed by atoms with Crippen LogP contribution in [0, 0.1) is 0 Å². The Bertz CT molecular complexity index is 444. The van der Waals surface area contributed by atoms with Crippen LogP contribution in [0.4, 0.5) is 0 Å². The SMILES string of the molecule is CN(C1CCCCC1)C(C(N)=S)c1cccc(O)c1. The molecule has 19 heavy (non-hydrogen) atoms. The van der Waals surface area contributed by atoms with Crippen LogP contribution in [0.3, 0.4) is 0 Å². The number of nitrogens with two attached hydrogens (primary N) is 1. The van der Waals surface area contributed by atoms with E-state index in [1.54, 1.807) is 12.1 Å². The third-order valence-electron chi connectivity index (χ3n) is 4.01. The molecule has 1 aliphatic rings. The second kappa shape index (κ2) is 6.35. The predicted octanol–water partition coefficient (Wildman–Crippen LogP) is 2.98. The van der Waals surface area contributed by atoms with Crippen LogP contribution in [0.15, 0.2) is 24.3 Å². The zero-order chi connectivity index (χ0) is 13.8. The number of benzene rings is 1. The standard InChI is InChI=1S/C15H22N2OS/c1-17(12-7-3-2-4-8-12)14(15(16)19)11-6-5-9-13(18)10-11/h5-6,9-10,12,14,18H,2-4,7-8H2,1H3,(H2,16,19). The van der Waals surface area contributed by atoms with Crippen LogP contribution in [-0.4, -0.2) is 28.1 Å². The molecule has 4 heteroatoms. The van der Waals surface area contributed by atoms with Gasteiger partial charge in [0.15, 0.2) is 0 Å².